The zero-order valence-corrected chi connectivity index (χ0v) is 11.3. The molecule has 2 unspecified atom stereocenters. The summed E-state index contributed by atoms with van der Waals surface area (Å²) in [6, 6.07) is 12.6. The summed E-state index contributed by atoms with van der Waals surface area (Å²) in [7, 11) is 0. The summed E-state index contributed by atoms with van der Waals surface area (Å²) in [5.74, 6) is 1.33. The standard InChI is InChI=1S/C17H19NO/c1-13-7-15(10-18-9-13)17-8-16(17)12-19-11-14-5-3-2-4-6-14/h2-7,9-10,16-17H,8,11-12H2,1H3. The van der Waals surface area contributed by atoms with Crippen LogP contribution in [-0.2, 0) is 11.3 Å². The molecule has 19 heavy (non-hydrogen) atoms. The van der Waals surface area contributed by atoms with E-state index >= 15 is 0 Å². The molecule has 1 aliphatic rings. The number of ether oxygens (including phenoxy) is 1. The number of nitrogens with zero attached hydrogens (tertiary/aromatic N) is 1. The minimum absolute atomic E-state index is 0.656. The number of hydrogen-bond acceptors (Lipinski definition) is 2. The lowest BCUT2D eigenvalue weighted by Gasteiger charge is -2.04. The van der Waals surface area contributed by atoms with Gasteiger partial charge in [0.25, 0.3) is 0 Å². The molecule has 1 aromatic carbocycles. The maximum Gasteiger partial charge on any atom is 0.0717 e. The van der Waals surface area contributed by atoms with Crippen LogP contribution in [0.15, 0.2) is 48.8 Å². The van der Waals surface area contributed by atoms with Crippen molar-refractivity contribution in [3.05, 3.63) is 65.5 Å². The first-order valence-corrected chi connectivity index (χ1v) is 6.86. The molecule has 2 atom stereocenters. The van der Waals surface area contributed by atoms with Gasteiger partial charge in [0.05, 0.1) is 13.2 Å². The summed E-state index contributed by atoms with van der Waals surface area (Å²) in [4.78, 5) is 4.27. The average Bonchev–Trinajstić information content (AvgIpc) is 3.20. The van der Waals surface area contributed by atoms with Crippen LogP contribution >= 0.6 is 0 Å². The van der Waals surface area contributed by atoms with E-state index in [1.807, 2.05) is 18.5 Å². The molecule has 2 aromatic rings. The summed E-state index contributed by atoms with van der Waals surface area (Å²) in [5.41, 5.74) is 3.86. The zero-order chi connectivity index (χ0) is 13.1. The monoisotopic (exact) mass is 253 g/mol. The Bertz CT molecular complexity index is 538. The highest BCUT2D eigenvalue weighted by Gasteiger charge is 2.38. The van der Waals surface area contributed by atoms with Gasteiger partial charge in [0.15, 0.2) is 0 Å². The first-order chi connectivity index (χ1) is 9.33. The lowest BCUT2D eigenvalue weighted by molar-refractivity contribution is 0.110. The molecule has 2 heteroatoms. The minimum Gasteiger partial charge on any atom is -0.376 e. The lowest BCUT2D eigenvalue weighted by atomic mass is 10.1. The van der Waals surface area contributed by atoms with Gasteiger partial charge in [-0.25, -0.2) is 0 Å². The molecule has 3 rings (SSSR count). The van der Waals surface area contributed by atoms with Crippen LogP contribution in [0.25, 0.3) is 0 Å². The zero-order valence-electron chi connectivity index (χ0n) is 11.3. The largest absolute Gasteiger partial charge is 0.376 e. The normalized spacial score (nSPS) is 21.3. The molecule has 1 aliphatic carbocycles. The van der Waals surface area contributed by atoms with Gasteiger partial charge in [0.2, 0.25) is 0 Å². The second-order valence-electron chi connectivity index (χ2n) is 5.40. The van der Waals surface area contributed by atoms with Gasteiger partial charge in [-0.3, -0.25) is 4.98 Å². The van der Waals surface area contributed by atoms with Gasteiger partial charge in [0, 0.05) is 12.4 Å². The third-order valence-electron chi connectivity index (χ3n) is 3.69. The van der Waals surface area contributed by atoms with Gasteiger partial charge in [-0.1, -0.05) is 36.4 Å². The van der Waals surface area contributed by atoms with Crippen molar-refractivity contribution in [2.75, 3.05) is 6.61 Å². The molecule has 1 saturated carbocycles. The highest BCUT2D eigenvalue weighted by molar-refractivity contribution is 5.26. The molecule has 1 fully saturated rings. The van der Waals surface area contributed by atoms with Crippen LogP contribution in [0.5, 0.6) is 0 Å². The van der Waals surface area contributed by atoms with Crippen LogP contribution in [0.1, 0.15) is 29.0 Å². The van der Waals surface area contributed by atoms with Crippen molar-refractivity contribution in [2.24, 2.45) is 5.92 Å². The summed E-state index contributed by atoms with van der Waals surface area (Å²) in [6.45, 7) is 3.67. The van der Waals surface area contributed by atoms with E-state index in [9.17, 15) is 0 Å². The predicted octanol–water partition coefficient (Wildman–Crippen LogP) is 3.71. The van der Waals surface area contributed by atoms with E-state index in [0.29, 0.717) is 11.8 Å². The van der Waals surface area contributed by atoms with E-state index in [2.05, 4.69) is 42.2 Å². The van der Waals surface area contributed by atoms with Crippen LogP contribution in [0, 0.1) is 12.8 Å². The quantitative estimate of drug-likeness (QED) is 0.810. The average molecular weight is 253 g/mol. The van der Waals surface area contributed by atoms with Gasteiger partial charge in [-0.2, -0.15) is 0 Å². The van der Waals surface area contributed by atoms with Crippen molar-refractivity contribution < 1.29 is 4.74 Å². The summed E-state index contributed by atoms with van der Waals surface area (Å²) < 4.78 is 5.81. The highest BCUT2D eigenvalue weighted by Crippen LogP contribution is 2.47. The minimum atomic E-state index is 0.656. The number of aromatic nitrogens is 1. The molecule has 0 bridgehead atoms. The molecule has 2 nitrogen and oxygen atoms in total. The summed E-state index contributed by atoms with van der Waals surface area (Å²) in [6.07, 6.45) is 5.14. The Morgan fingerprint density at radius 3 is 2.84 bits per heavy atom. The molecule has 1 aromatic heterocycles. The molecule has 98 valence electrons. The first-order valence-electron chi connectivity index (χ1n) is 6.86. The van der Waals surface area contributed by atoms with Crippen LogP contribution in [-0.4, -0.2) is 11.6 Å². The summed E-state index contributed by atoms with van der Waals surface area (Å²) in [5, 5.41) is 0. The molecule has 1 heterocycles. The van der Waals surface area contributed by atoms with Gasteiger partial charge in [-0.15, -0.1) is 0 Å². The SMILES string of the molecule is Cc1cncc(C2CC2COCc2ccccc2)c1. The van der Waals surface area contributed by atoms with E-state index in [1.165, 1.54) is 23.1 Å². The fraction of sp³-hybridized carbons (Fsp3) is 0.353. The second kappa shape index (κ2) is 5.54. The first kappa shape index (κ1) is 12.4. The number of benzene rings is 1. The predicted molar refractivity (Wildman–Crippen MR) is 75.9 cm³/mol. The molecule has 0 aliphatic heterocycles. The fourth-order valence-corrected chi connectivity index (χ4v) is 2.52. The van der Waals surface area contributed by atoms with Gasteiger partial charge < -0.3 is 4.74 Å². The molecular weight excluding hydrogens is 234 g/mol. The third kappa shape index (κ3) is 3.21. The van der Waals surface area contributed by atoms with Crippen molar-refractivity contribution >= 4 is 0 Å². The maximum atomic E-state index is 5.81. The third-order valence-corrected chi connectivity index (χ3v) is 3.69. The molecule has 0 radical (unpaired) electrons. The van der Waals surface area contributed by atoms with Crippen LogP contribution in [0.4, 0.5) is 0 Å². The van der Waals surface area contributed by atoms with E-state index in [-0.39, 0.29) is 0 Å². The fourth-order valence-electron chi connectivity index (χ4n) is 2.52. The Kier molecular flexibility index (Phi) is 3.60. The molecule has 0 amide bonds. The van der Waals surface area contributed by atoms with E-state index in [4.69, 9.17) is 4.74 Å². The van der Waals surface area contributed by atoms with E-state index < -0.39 is 0 Å². The number of pyridine rings is 1. The lowest BCUT2D eigenvalue weighted by Crippen LogP contribution is -1.98. The number of aryl methyl sites for hydroxylation is 1. The number of rotatable bonds is 5. The van der Waals surface area contributed by atoms with Gasteiger partial charge in [0.1, 0.15) is 0 Å². The Morgan fingerprint density at radius 2 is 2.05 bits per heavy atom. The Morgan fingerprint density at radius 1 is 1.21 bits per heavy atom. The Labute approximate surface area is 114 Å². The maximum absolute atomic E-state index is 5.81. The van der Waals surface area contributed by atoms with Crippen LogP contribution in [0.3, 0.4) is 0 Å². The van der Waals surface area contributed by atoms with Gasteiger partial charge in [-0.05, 0) is 41.9 Å². The number of hydrogen-bond donors (Lipinski definition) is 0. The van der Waals surface area contributed by atoms with Crippen molar-refractivity contribution in [3.63, 3.8) is 0 Å². The molecule has 0 saturated heterocycles. The van der Waals surface area contributed by atoms with Crippen LogP contribution in [0.2, 0.25) is 0 Å². The highest BCUT2D eigenvalue weighted by atomic mass is 16.5. The van der Waals surface area contributed by atoms with E-state index in [1.54, 1.807) is 0 Å². The Hall–Kier alpha value is -1.67. The molecule has 0 N–H and O–H groups in total. The van der Waals surface area contributed by atoms with Gasteiger partial charge >= 0.3 is 0 Å². The topological polar surface area (TPSA) is 22.1 Å². The smallest absolute Gasteiger partial charge is 0.0717 e. The van der Waals surface area contributed by atoms with Crippen LogP contribution < -0.4 is 0 Å². The second-order valence-corrected chi connectivity index (χ2v) is 5.40. The Balaban J connectivity index is 1.46. The van der Waals surface area contributed by atoms with E-state index in [0.717, 1.165) is 13.2 Å². The van der Waals surface area contributed by atoms with Crippen molar-refractivity contribution in [3.8, 4) is 0 Å². The molecular formula is C17H19NO. The van der Waals surface area contributed by atoms with Crippen molar-refractivity contribution in [1.29, 1.82) is 0 Å². The van der Waals surface area contributed by atoms with Crippen molar-refractivity contribution in [2.45, 2.75) is 25.9 Å². The molecule has 0 spiro atoms. The van der Waals surface area contributed by atoms with Crippen molar-refractivity contribution in [1.82, 2.24) is 4.98 Å². The summed E-state index contributed by atoms with van der Waals surface area (Å²) >= 11 is 0.